The summed E-state index contributed by atoms with van der Waals surface area (Å²) in [6, 6.07) is 0. The highest BCUT2D eigenvalue weighted by atomic mass is 33.1. The zero-order valence-corrected chi connectivity index (χ0v) is 8.79. The molecule has 12 heavy (non-hydrogen) atoms. The molecule has 0 rings (SSSR count). The zero-order valence-electron chi connectivity index (χ0n) is 6.27. The summed E-state index contributed by atoms with van der Waals surface area (Å²) in [7, 11) is 1.38. The maximum Gasteiger partial charge on any atom is 0.234 e. The molecule has 0 fully saturated rings. The SMILES string of the molecule is O=C=NCCC(CN=C=S)SS. The van der Waals surface area contributed by atoms with Crippen LogP contribution in [-0.4, -0.2) is 29.6 Å². The number of thiocarbonyl (C=S) groups is 1. The highest BCUT2D eigenvalue weighted by Crippen LogP contribution is 2.18. The Morgan fingerprint density at radius 3 is 2.83 bits per heavy atom. The molecular formula is C6H8N2OS3. The first-order valence-electron chi connectivity index (χ1n) is 3.22. The van der Waals surface area contributed by atoms with Crippen molar-refractivity contribution in [2.24, 2.45) is 9.98 Å². The maximum atomic E-state index is 9.72. The molecule has 0 heterocycles. The monoisotopic (exact) mass is 220 g/mol. The van der Waals surface area contributed by atoms with Gasteiger partial charge in [0.25, 0.3) is 0 Å². The molecule has 6 heteroatoms. The fourth-order valence-electron chi connectivity index (χ4n) is 0.571. The molecule has 0 N–H and O–H groups in total. The molecule has 0 aromatic heterocycles. The number of hydrogen-bond acceptors (Lipinski definition) is 6. The van der Waals surface area contributed by atoms with Gasteiger partial charge in [0, 0.05) is 5.25 Å². The Kier molecular flexibility index (Phi) is 8.88. The van der Waals surface area contributed by atoms with Crippen molar-refractivity contribution in [3.63, 3.8) is 0 Å². The summed E-state index contributed by atoms with van der Waals surface area (Å²) in [6.07, 6.45) is 2.23. The van der Waals surface area contributed by atoms with E-state index in [2.05, 4.69) is 39.0 Å². The molecule has 3 nitrogen and oxygen atoms in total. The Labute approximate surface area is 85.6 Å². The van der Waals surface area contributed by atoms with Gasteiger partial charge in [-0.25, -0.2) is 14.8 Å². The minimum Gasteiger partial charge on any atom is -0.231 e. The van der Waals surface area contributed by atoms with Gasteiger partial charge in [0.1, 0.15) is 0 Å². The number of thiol groups is 1. The zero-order chi connectivity index (χ0) is 9.23. The van der Waals surface area contributed by atoms with Gasteiger partial charge < -0.3 is 0 Å². The standard InChI is InChI=1S/C6H8N2OS3/c9-4-7-2-1-6(12-11)3-8-5-10/h6,11H,1-3H2. The lowest BCUT2D eigenvalue weighted by Crippen LogP contribution is -2.06. The summed E-state index contributed by atoms with van der Waals surface area (Å²) in [5.41, 5.74) is 0. The lowest BCUT2D eigenvalue weighted by Gasteiger charge is -2.06. The third kappa shape index (κ3) is 6.58. The Balaban J connectivity index is 3.66. The van der Waals surface area contributed by atoms with Crippen LogP contribution in [0.4, 0.5) is 0 Å². The van der Waals surface area contributed by atoms with Crippen molar-refractivity contribution >= 4 is 45.9 Å². The van der Waals surface area contributed by atoms with Crippen LogP contribution in [0.25, 0.3) is 0 Å². The van der Waals surface area contributed by atoms with Crippen LogP contribution in [0, 0.1) is 0 Å². The third-order valence-electron chi connectivity index (χ3n) is 1.14. The van der Waals surface area contributed by atoms with Gasteiger partial charge in [0.15, 0.2) is 0 Å². The van der Waals surface area contributed by atoms with E-state index < -0.39 is 0 Å². The van der Waals surface area contributed by atoms with Gasteiger partial charge in [-0.3, -0.25) is 0 Å². The van der Waals surface area contributed by atoms with E-state index in [0.717, 1.165) is 6.42 Å². The fraction of sp³-hybridized carbons (Fsp3) is 0.667. The molecule has 0 amide bonds. The second-order valence-corrected chi connectivity index (χ2v) is 3.61. The van der Waals surface area contributed by atoms with Gasteiger partial charge in [-0.1, -0.05) is 10.8 Å². The van der Waals surface area contributed by atoms with Crippen molar-refractivity contribution in [1.29, 1.82) is 0 Å². The molecule has 0 aromatic rings. The van der Waals surface area contributed by atoms with Crippen molar-refractivity contribution < 1.29 is 4.79 Å². The second kappa shape index (κ2) is 8.97. The molecule has 0 spiro atoms. The van der Waals surface area contributed by atoms with Crippen LogP contribution in [0.5, 0.6) is 0 Å². The molecule has 0 aliphatic rings. The first-order valence-corrected chi connectivity index (χ1v) is 5.56. The molecule has 0 aliphatic heterocycles. The van der Waals surface area contributed by atoms with Gasteiger partial charge in [-0.15, -0.1) is 11.7 Å². The lowest BCUT2D eigenvalue weighted by atomic mass is 10.3. The van der Waals surface area contributed by atoms with E-state index in [9.17, 15) is 4.79 Å². The van der Waals surface area contributed by atoms with Crippen LogP contribution >= 0.6 is 34.7 Å². The molecule has 1 atom stereocenters. The summed E-state index contributed by atoms with van der Waals surface area (Å²) in [6.45, 7) is 1.04. The van der Waals surface area contributed by atoms with Crippen molar-refractivity contribution in [3.8, 4) is 0 Å². The summed E-state index contributed by atoms with van der Waals surface area (Å²) >= 11 is 8.46. The number of rotatable bonds is 6. The molecule has 0 aromatic carbocycles. The van der Waals surface area contributed by atoms with Gasteiger partial charge >= 0.3 is 0 Å². The van der Waals surface area contributed by atoms with Crippen molar-refractivity contribution in [2.45, 2.75) is 11.7 Å². The first-order chi connectivity index (χ1) is 5.85. The smallest absolute Gasteiger partial charge is 0.231 e. The topological polar surface area (TPSA) is 41.8 Å². The van der Waals surface area contributed by atoms with Crippen molar-refractivity contribution in [2.75, 3.05) is 13.1 Å². The van der Waals surface area contributed by atoms with Crippen LogP contribution in [0.15, 0.2) is 9.98 Å². The number of aliphatic imine (C=N–C) groups is 2. The van der Waals surface area contributed by atoms with Crippen molar-refractivity contribution in [3.05, 3.63) is 0 Å². The summed E-state index contributed by atoms with van der Waals surface area (Å²) in [5.74, 6) is 0. The number of nitrogens with zero attached hydrogens (tertiary/aromatic N) is 2. The average Bonchev–Trinajstić information content (AvgIpc) is 2.11. The van der Waals surface area contributed by atoms with Gasteiger partial charge in [-0.05, 0) is 18.6 Å². The molecule has 0 radical (unpaired) electrons. The number of isocyanates is 1. The quantitative estimate of drug-likeness (QED) is 0.244. The van der Waals surface area contributed by atoms with Crippen molar-refractivity contribution in [1.82, 2.24) is 0 Å². The molecule has 0 aliphatic carbocycles. The van der Waals surface area contributed by atoms with Crippen LogP contribution in [0.2, 0.25) is 0 Å². The number of hydrogen-bond donors (Lipinski definition) is 1. The molecule has 0 saturated carbocycles. The third-order valence-corrected chi connectivity index (χ3v) is 2.84. The normalized spacial score (nSPS) is 11.1. The highest BCUT2D eigenvalue weighted by molar-refractivity contribution is 8.68. The Morgan fingerprint density at radius 2 is 2.33 bits per heavy atom. The van der Waals surface area contributed by atoms with E-state index in [1.54, 1.807) is 0 Å². The molecule has 66 valence electrons. The van der Waals surface area contributed by atoms with E-state index in [1.165, 1.54) is 16.9 Å². The molecule has 0 bridgehead atoms. The van der Waals surface area contributed by atoms with Gasteiger partial charge in [0.2, 0.25) is 6.08 Å². The van der Waals surface area contributed by atoms with Crippen LogP contribution in [-0.2, 0) is 4.79 Å². The summed E-state index contributed by atoms with van der Waals surface area (Å²) in [4.78, 5) is 16.9. The fourth-order valence-corrected chi connectivity index (χ4v) is 1.51. The molecule has 1 unspecified atom stereocenters. The minimum atomic E-state index is 0.237. The van der Waals surface area contributed by atoms with E-state index in [0.29, 0.717) is 13.1 Å². The minimum absolute atomic E-state index is 0.237. The van der Waals surface area contributed by atoms with Crippen LogP contribution < -0.4 is 0 Å². The Morgan fingerprint density at radius 1 is 1.58 bits per heavy atom. The van der Waals surface area contributed by atoms with Gasteiger partial charge in [-0.2, -0.15) is 0 Å². The predicted octanol–water partition coefficient (Wildman–Crippen LogP) is 1.76. The van der Waals surface area contributed by atoms with E-state index in [1.807, 2.05) is 0 Å². The average molecular weight is 220 g/mol. The maximum absolute atomic E-state index is 9.72. The summed E-state index contributed by atoms with van der Waals surface area (Å²) < 4.78 is 0. The highest BCUT2D eigenvalue weighted by Gasteiger charge is 2.05. The number of carbonyl (C=O) groups excluding carboxylic acids is 1. The van der Waals surface area contributed by atoms with Crippen LogP contribution in [0.3, 0.4) is 0 Å². The predicted molar refractivity (Wildman–Crippen MR) is 57.9 cm³/mol. The Bertz CT molecular complexity index is 209. The summed E-state index contributed by atoms with van der Waals surface area (Å²) in [5, 5.41) is 2.51. The van der Waals surface area contributed by atoms with Crippen LogP contribution in [0.1, 0.15) is 6.42 Å². The van der Waals surface area contributed by atoms with E-state index in [-0.39, 0.29) is 5.25 Å². The Hall–Kier alpha value is -0.120. The molecule has 0 saturated heterocycles. The largest absolute Gasteiger partial charge is 0.234 e. The first kappa shape index (κ1) is 11.9. The molecular weight excluding hydrogens is 212 g/mol. The second-order valence-electron chi connectivity index (χ2n) is 1.92. The van der Waals surface area contributed by atoms with E-state index >= 15 is 0 Å². The number of isothiocyanates is 1. The van der Waals surface area contributed by atoms with E-state index in [4.69, 9.17) is 0 Å². The lowest BCUT2D eigenvalue weighted by molar-refractivity contribution is 0.562. The van der Waals surface area contributed by atoms with Gasteiger partial charge in [0.05, 0.1) is 18.3 Å².